The molecule has 4 nitrogen and oxygen atoms in total. The number of carbonyl (C=O) groups excluding carboxylic acids is 2. The Bertz CT molecular complexity index is 443. The van der Waals surface area contributed by atoms with Crippen LogP contribution in [0.25, 0.3) is 0 Å². The molecule has 0 aromatic rings. The third-order valence-corrected chi connectivity index (χ3v) is 5.65. The predicted molar refractivity (Wildman–Crippen MR) is 74.1 cm³/mol. The first-order chi connectivity index (χ1) is 9.42. The second-order valence-electron chi connectivity index (χ2n) is 6.52. The highest BCUT2D eigenvalue weighted by molar-refractivity contribution is 5.84. The second-order valence-corrected chi connectivity index (χ2v) is 6.52. The first kappa shape index (κ1) is 14.9. The summed E-state index contributed by atoms with van der Waals surface area (Å²) in [5.41, 5.74) is -0.312. The van der Waals surface area contributed by atoms with Crippen molar-refractivity contribution in [3.8, 4) is 0 Å². The lowest BCUT2D eigenvalue weighted by atomic mass is 9.61. The van der Waals surface area contributed by atoms with Crippen LogP contribution in [0.15, 0.2) is 12.2 Å². The number of rotatable bonds is 3. The van der Waals surface area contributed by atoms with Crippen LogP contribution in [0.1, 0.15) is 45.4 Å². The van der Waals surface area contributed by atoms with Crippen molar-refractivity contribution in [3.63, 3.8) is 0 Å². The van der Waals surface area contributed by atoms with Crippen molar-refractivity contribution in [2.45, 2.75) is 45.4 Å². The third-order valence-electron chi connectivity index (χ3n) is 5.65. The summed E-state index contributed by atoms with van der Waals surface area (Å²) in [6, 6.07) is 0. The summed E-state index contributed by atoms with van der Waals surface area (Å²) in [6.07, 6.45) is 8.70. The van der Waals surface area contributed by atoms with Crippen LogP contribution in [0.5, 0.6) is 0 Å². The van der Waals surface area contributed by atoms with Crippen molar-refractivity contribution < 1.29 is 19.5 Å². The fourth-order valence-electron chi connectivity index (χ4n) is 4.69. The Morgan fingerprint density at radius 1 is 1.25 bits per heavy atom. The Morgan fingerprint density at radius 2 is 1.90 bits per heavy atom. The lowest BCUT2D eigenvalue weighted by Crippen LogP contribution is -2.43. The number of hydrogen-bond donors (Lipinski definition) is 1. The number of aliphatic carboxylic acids is 1. The van der Waals surface area contributed by atoms with Gasteiger partial charge in [0.1, 0.15) is 12.6 Å². The van der Waals surface area contributed by atoms with Gasteiger partial charge in [-0.25, -0.2) is 4.79 Å². The van der Waals surface area contributed by atoms with E-state index in [0.29, 0.717) is 11.8 Å². The van der Waals surface area contributed by atoms with E-state index < -0.39 is 5.97 Å². The van der Waals surface area contributed by atoms with Crippen LogP contribution in [0.4, 0.5) is 0 Å². The zero-order valence-corrected chi connectivity index (χ0v) is 11.9. The van der Waals surface area contributed by atoms with Gasteiger partial charge in [-0.05, 0) is 50.9 Å². The van der Waals surface area contributed by atoms with Crippen molar-refractivity contribution in [1.82, 2.24) is 0 Å². The monoisotopic (exact) mass is 278 g/mol. The summed E-state index contributed by atoms with van der Waals surface area (Å²) >= 11 is 0. The fourth-order valence-corrected chi connectivity index (χ4v) is 4.69. The quantitative estimate of drug-likeness (QED) is 0.636. The molecule has 3 aliphatic rings. The van der Waals surface area contributed by atoms with Gasteiger partial charge in [0.25, 0.3) is 0 Å². The summed E-state index contributed by atoms with van der Waals surface area (Å²) in [6.45, 7) is 4.60. The maximum atomic E-state index is 11.4. The minimum atomic E-state index is -0.935. The molecule has 0 aromatic heterocycles. The van der Waals surface area contributed by atoms with E-state index in [9.17, 15) is 14.4 Å². The molecule has 3 saturated carbocycles. The van der Waals surface area contributed by atoms with Crippen LogP contribution in [0.2, 0.25) is 0 Å². The number of carbonyl (C=O) groups is 3. The number of carboxylic acid groups (broad SMARTS) is 1. The van der Waals surface area contributed by atoms with Gasteiger partial charge in [0, 0.05) is 16.4 Å². The van der Waals surface area contributed by atoms with Crippen molar-refractivity contribution in [3.05, 3.63) is 12.2 Å². The molecule has 0 aliphatic heterocycles. The van der Waals surface area contributed by atoms with Crippen molar-refractivity contribution in [1.29, 1.82) is 0 Å². The first-order valence-electron chi connectivity index (χ1n) is 7.24. The highest BCUT2D eigenvalue weighted by Gasteiger charge is 2.68. The maximum absolute atomic E-state index is 11.4. The van der Waals surface area contributed by atoms with E-state index in [1.165, 1.54) is 19.8 Å². The lowest BCUT2D eigenvalue weighted by molar-refractivity contribution is -0.135. The van der Waals surface area contributed by atoms with Gasteiger partial charge in [-0.2, -0.15) is 0 Å². The minimum absolute atomic E-state index is 0.176. The van der Waals surface area contributed by atoms with Crippen molar-refractivity contribution in [2.75, 3.05) is 0 Å². The van der Waals surface area contributed by atoms with E-state index >= 15 is 0 Å². The summed E-state index contributed by atoms with van der Waals surface area (Å²) < 4.78 is 0. The van der Waals surface area contributed by atoms with Crippen LogP contribution in [0.3, 0.4) is 0 Å². The van der Waals surface area contributed by atoms with Gasteiger partial charge in [0.05, 0.1) is 0 Å². The van der Waals surface area contributed by atoms with E-state index in [1.807, 2.05) is 0 Å². The molecule has 3 aliphatic carbocycles. The SMILES string of the molecule is C=C(C)C(=O)O.O=CC12CCC(C1)C1CCCC12C=O. The average Bonchev–Trinajstić information content (AvgIpc) is 3.09. The van der Waals surface area contributed by atoms with Gasteiger partial charge in [-0.15, -0.1) is 0 Å². The zero-order chi connectivity index (χ0) is 15.0. The Hall–Kier alpha value is -1.45. The third kappa shape index (κ3) is 1.93. The zero-order valence-electron chi connectivity index (χ0n) is 11.9. The molecule has 0 spiro atoms. The largest absolute Gasteiger partial charge is 0.478 e. The van der Waals surface area contributed by atoms with Gasteiger partial charge in [-0.3, -0.25) is 0 Å². The lowest BCUT2D eigenvalue weighted by Gasteiger charge is -2.40. The number of hydrogen-bond acceptors (Lipinski definition) is 3. The Labute approximate surface area is 119 Å². The van der Waals surface area contributed by atoms with Crippen LogP contribution in [-0.2, 0) is 14.4 Å². The standard InChI is InChI=1S/C12H16O2.C4H6O2/c13-7-11-5-3-9(6-11)10-2-1-4-12(10,11)8-14;1-3(2)4(5)6/h7-10H,1-6H2;1H2,2H3,(H,5,6). The van der Waals surface area contributed by atoms with Gasteiger partial charge in [-0.1, -0.05) is 13.0 Å². The summed E-state index contributed by atoms with van der Waals surface area (Å²) in [4.78, 5) is 32.3. The molecule has 3 fully saturated rings. The van der Waals surface area contributed by atoms with Gasteiger partial charge in [0.2, 0.25) is 0 Å². The molecule has 0 saturated heterocycles. The number of aldehydes is 2. The molecule has 20 heavy (non-hydrogen) atoms. The number of fused-ring (bicyclic) bond motifs is 5. The van der Waals surface area contributed by atoms with E-state index in [4.69, 9.17) is 5.11 Å². The smallest absolute Gasteiger partial charge is 0.330 e. The van der Waals surface area contributed by atoms with Crippen molar-refractivity contribution >= 4 is 18.5 Å². The molecule has 2 bridgehead atoms. The molecular formula is C16H22O4. The summed E-state index contributed by atoms with van der Waals surface area (Å²) in [5.74, 6) is 0.279. The molecular weight excluding hydrogens is 256 g/mol. The first-order valence-corrected chi connectivity index (χ1v) is 7.24. The molecule has 4 atom stereocenters. The predicted octanol–water partition coefficient (Wildman–Crippen LogP) is 2.62. The minimum Gasteiger partial charge on any atom is -0.478 e. The highest BCUT2D eigenvalue weighted by Crippen LogP contribution is 2.70. The Kier molecular flexibility index (Phi) is 3.85. The van der Waals surface area contributed by atoms with Crippen LogP contribution >= 0.6 is 0 Å². The van der Waals surface area contributed by atoms with Gasteiger partial charge >= 0.3 is 5.97 Å². The molecule has 0 aromatic carbocycles. The topological polar surface area (TPSA) is 71.4 Å². The van der Waals surface area contributed by atoms with Crippen LogP contribution in [0, 0.1) is 22.7 Å². The molecule has 3 rings (SSSR count). The van der Waals surface area contributed by atoms with Crippen LogP contribution in [-0.4, -0.2) is 23.6 Å². The fraction of sp³-hybridized carbons (Fsp3) is 0.688. The molecule has 0 heterocycles. The molecule has 0 amide bonds. The molecule has 0 radical (unpaired) electrons. The molecule has 4 heteroatoms. The molecule has 4 unspecified atom stereocenters. The molecule has 1 N–H and O–H groups in total. The normalized spacial score (nSPS) is 40.5. The highest BCUT2D eigenvalue weighted by atomic mass is 16.4. The number of carboxylic acids is 1. The van der Waals surface area contributed by atoms with E-state index in [-0.39, 0.29) is 16.4 Å². The second kappa shape index (κ2) is 5.15. The average molecular weight is 278 g/mol. The Morgan fingerprint density at radius 3 is 2.40 bits per heavy atom. The van der Waals surface area contributed by atoms with Gasteiger partial charge < -0.3 is 14.7 Å². The van der Waals surface area contributed by atoms with E-state index in [2.05, 4.69) is 6.58 Å². The maximum Gasteiger partial charge on any atom is 0.330 e. The van der Waals surface area contributed by atoms with Gasteiger partial charge in [0.15, 0.2) is 0 Å². The Balaban J connectivity index is 0.000000212. The van der Waals surface area contributed by atoms with E-state index in [0.717, 1.165) is 38.3 Å². The summed E-state index contributed by atoms with van der Waals surface area (Å²) in [5, 5.41) is 7.89. The molecule has 110 valence electrons. The van der Waals surface area contributed by atoms with Crippen molar-refractivity contribution in [2.24, 2.45) is 22.7 Å². The van der Waals surface area contributed by atoms with Crippen LogP contribution < -0.4 is 0 Å². The van der Waals surface area contributed by atoms with E-state index in [1.54, 1.807) is 0 Å². The summed E-state index contributed by atoms with van der Waals surface area (Å²) in [7, 11) is 0.